The van der Waals surface area contributed by atoms with Crippen LogP contribution in [0.3, 0.4) is 0 Å². The average Bonchev–Trinajstić information content (AvgIpc) is 3.34. The number of benzene rings is 2. The zero-order chi connectivity index (χ0) is 20.6. The molecule has 6 nitrogen and oxygen atoms in total. The van der Waals surface area contributed by atoms with Gasteiger partial charge in [0, 0.05) is 11.1 Å². The van der Waals surface area contributed by atoms with Crippen LogP contribution in [0.25, 0.3) is 22.8 Å². The van der Waals surface area contributed by atoms with Gasteiger partial charge in [0.2, 0.25) is 23.5 Å². The molecule has 0 fully saturated rings. The molecule has 0 radical (unpaired) electrons. The lowest BCUT2D eigenvalue weighted by atomic mass is 10.1. The standard InChI is InChI=1S/C19H12F4N4O2/c1-10-2-3-12(8-14(10)20)18-26-25-16(28-18)9-15-24-17(27-29-15)11-4-6-13(7-5-11)19(21,22)23/h2-8H,9H2,1H3. The van der Waals surface area contributed by atoms with Crippen molar-refractivity contribution < 1.29 is 26.5 Å². The van der Waals surface area contributed by atoms with Gasteiger partial charge in [-0.3, -0.25) is 0 Å². The molecule has 0 saturated carbocycles. The summed E-state index contributed by atoms with van der Waals surface area (Å²) in [6, 6.07) is 8.95. The second-order valence-electron chi connectivity index (χ2n) is 6.23. The Morgan fingerprint density at radius 1 is 0.931 bits per heavy atom. The summed E-state index contributed by atoms with van der Waals surface area (Å²) in [4.78, 5) is 4.13. The van der Waals surface area contributed by atoms with E-state index < -0.39 is 11.7 Å². The van der Waals surface area contributed by atoms with Crippen LogP contribution in [-0.2, 0) is 12.6 Å². The number of aryl methyl sites for hydroxylation is 1. The van der Waals surface area contributed by atoms with Gasteiger partial charge in [-0.25, -0.2) is 4.39 Å². The van der Waals surface area contributed by atoms with Crippen molar-refractivity contribution in [3.63, 3.8) is 0 Å². The highest BCUT2D eigenvalue weighted by Gasteiger charge is 2.30. The first-order valence-corrected chi connectivity index (χ1v) is 8.39. The minimum atomic E-state index is -4.42. The molecule has 0 N–H and O–H groups in total. The Hall–Kier alpha value is -3.56. The van der Waals surface area contributed by atoms with Gasteiger partial charge in [0.25, 0.3) is 0 Å². The lowest BCUT2D eigenvalue weighted by Crippen LogP contribution is -2.04. The minimum absolute atomic E-state index is 0.0228. The third-order valence-corrected chi connectivity index (χ3v) is 4.13. The first-order valence-electron chi connectivity index (χ1n) is 8.39. The van der Waals surface area contributed by atoms with Gasteiger partial charge in [-0.2, -0.15) is 18.2 Å². The first-order chi connectivity index (χ1) is 13.8. The van der Waals surface area contributed by atoms with Crippen molar-refractivity contribution in [3.8, 4) is 22.8 Å². The van der Waals surface area contributed by atoms with E-state index in [0.717, 1.165) is 12.1 Å². The van der Waals surface area contributed by atoms with Crippen LogP contribution in [0.15, 0.2) is 51.4 Å². The van der Waals surface area contributed by atoms with Gasteiger partial charge in [0.05, 0.1) is 5.56 Å². The van der Waals surface area contributed by atoms with Crippen LogP contribution in [0.4, 0.5) is 17.6 Å². The molecule has 0 bridgehead atoms. The highest BCUT2D eigenvalue weighted by atomic mass is 19.4. The van der Waals surface area contributed by atoms with Crippen molar-refractivity contribution in [2.45, 2.75) is 19.5 Å². The second kappa shape index (κ2) is 7.12. The SMILES string of the molecule is Cc1ccc(-c2nnc(Cc3nc(-c4ccc(C(F)(F)F)cc4)no3)o2)cc1F. The largest absolute Gasteiger partial charge is 0.420 e. The molecule has 4 aromatic rings. The maximum absolute atomic E-state index is 13.7. The quantitative estimate of drug-likeness (QED) is 0.453. The number of rotatable bonds is 4. The monoisotopic (exact) mass is 404 g/mol. The number of nitrogens with zero attached hydrogens (tertiary/aromatic N) is 4. The summed E-state index contributed by atoms with van der Waals surface area (Å²) in [5.41, 5.74) is 0.531. The predicted octanol–water partition coefficient (Wildman–Crippen LogP) is 4.84. The molecule has 0 atom stereocenters. The third kappa shape index (κ3) is 4.00. The summed E-state index contributed by atoms with van der Waals surface area (Å²) >= 11 is 0. The highest BCUT2D eigenvalue weighted by Crippen LogP contribution is 2.30. The van der Waals surface area contributed by atoms with Gasteiger partial charge in [0.15, 0.2) is 0 Å². The van der Waals surface area contributed by atoms with E-state index in [-0.39, 0.29) is 35.7 Å². The summed E-state index contributed by atoms with van der Waals surface area (Å²) in [6.07, 6.45) is -4.40. The maximum Gasteiger partial charge on any atom is 0.416 e. The summed E-state index contributed by atoms with van der Waals surface area (Å²) in [5, 5.41) is 11.5. The second-order valence-corrected chi connectivity index (χ2v) is 6.23. The van der Waals surface area contributed by atoms with Gasteiger partial charge in [-0.15, -0.1) is 10.2 Å². The zero-order valence-corrected chi connectivity index (χ0v) is 14.9. The van der Waals surface area contributed by atoms with Crippen molar-refractivity contribution >= 4 is 0 Å². The molecule has 0 aliphatic rings. The van der Waals surface area contributed by atoms with Gasteiger partial charge in [0.1, 0.15) is 12.2 Å². The van der Waals surface area contributed by atoms with Crippen molar-refractivity contribution in [2.24, 2.45) is 0 Å². The van der Waals surface area contributed by atoms with E-state index in [9.17, 15) is 17.6 Å². The van der Waals surface area contributed by atoms with Gasteiger partial charge in [-0.05, 0) is 36.8 Å². The van der Waals surface area contributed by atoms with Crippen molar-refractivity contribution in [1.82, 2.24) is 20.3 Å². The van der Waals surface area contributed by atoms with E-state index in [1.165, 1.54) is 18.2 Å². The topological polar surface area (TPSA) is 77.8 Å². The van der Waals surface area contributed by atoms with E-state index in [1.807, 2.05) is 0 Å². The van der Waals surface area contributed by atoms with E-state index in [2.05, 4.69) is 20.3 Å². The molecule has 2 aromatic heterocycles. The van der Waals surface area contributed by atoms with Crippen LogP contribution in [0.5, 0.6) is 0 Å². The number of halogens is 4. The molecule has 10 heteroatoms. The smallest absolute Gasteiger partial charge is 0.416 e. The molecule has 0 saturated heterocycles. The molecule has 0 aliphatic heterocycles. The number of hydrogen-bond acceptors (Lipinski definition) is 6. The molecule has 2 aromatic carbocycles. The van der Waals surface area contributed by atoms with Gasteiger partial charge in [-0.1, -0.05) is 23.4 Å². The fourth-order valence-electron chi connectivity index (χ4n) is 2.55. The van der Waals surface area contributed by atoms with Crippen LogP contribution >= 0.6 is 0 Å². The Labute approximate surface area is 161 Å². The average molecular weight is 404 g/mol. The third-order valence-electron chi connectivity index (χ3n) is 4.13. The van der Waals surface area contributed by atoms with E-state index >= 15 is 0 Å². The van der Waals surface area contributed by atoms with E-state index in [0.29, 0.717) is 16.7 Å². The molecule has 29 heavy (non-hydrogen) atoms. The van der Waals surface area contributed by atoms with Crippen LogP contribution in [-0.4, -0.2) is 20.3 Å². The fraction of sp³-hybridized carbons (Fsp3) is 0.158. The summed E-state index contributed by atoms with van der Waals surface area (Å²) in [6.45, 7) is 1.64. The molecule has 0 amide bonds. The number of aromatic nitrogens is 4. The molecule has 2 heterocycles. The van der Waals surface area contributed by atoms with Crippen molar-refractivity contribution in [2.75, 3.05) is 0 Å². The Morgan fingerprint density at radius 2 is 1.66 bits per heavy atom. The maximum atomic E-state index is 13.7. The molecule has 148 valence electrons. The summed E-state index contributed by atoms with van der Waals surface area (Å²) < 4.78 is 62.2. The molecule has 0 aliphatic carbocycles. The zero-order valence-electron chi connectivity index (χ0n) is 14.9. The van der Waals surface area contributed by atoms with Crippen LogP contribution in [0.1, 0.15) is 22.9 Å². The molecule has 0 unspecified atom stereocenters. The lowest BCUT2D eigenvalue weighted by Gasteiger charge is -2.05. The summed E-state index contributed by atoms with van der Waals surface area (Å²) in [5.74, 6) is 0.199. The lowest BCUT2D eigenvalue weighted by molar-refractivity contribution is -0.137. The Balaban J connectivity index is 1.50. The minimum Gasteiger partial charge on any atom is -0.420 e. The predicted molar refractivity (Wildman–Crippen MR) is 92.0 cm³/mol. The summed E-state index contributed by atoms with van der Waals surface area (Å²) in [7, 11) is 0. The Morgan fingerprint density at radius 3 is 2.34 bits per heavy atom. The van der Waals surface area contributed by atoms with E-state index in [4.69, 9.17) is 8.94 Å². The van der Waals surface area contributed by atoms with Crippen LogP contribution in [0, 0.1) is 12.7 Å². The van der Waals surface area contributed by atoms with Crippen LogP contribution in [0.2, 0.25) is 0 Å². The highest BCUT2D eigenvalue weighted by molar-refractivity contribution is 5.55. The Kier molecular flexibility index (Phi) is 4.61. The number of hydrogen-bond donors (Lipinski definition) is 0. The molecular weight excluding hydrogens is 392 g/mol. The van der Waals surface area contributed by atoms with Gasteiger partial charge < -0.3 is 8.94 Å². The normalized spacial score (nSPS) is 11.8. The Bertz CT molecular complexity index is 1150. The van der Waals surface area contributed by atoms with Crippen molar-refractivity contribution in [1.29, 1.82) is 0 Å². The van der Waals surface area contributed by atoms with Crippen molar-refractivity contribution in [3.05, 3.63) is 71.2 Å². The fourth-order valence-corrected chi connectivity index (χ4v) is 2.55. The molecular formula is C19H12F4N4O2. The van der Waals surface area contributed by atoms with Gasteiger partial charge >= 0.3 is 6.18 Å². The number of alkyl halides is 3. The molecule has 0 spiro atoms. The molecule has 4 rings (SSSR count). The van der Waals surface area contributed by atoms with E-state index in [1.54, 1.807) is 19.1 Å². The van der Waals surface area contributed by atoms with Crippen LogP contribution < -0.4 is 0 Å². The first kappa shape index (κ1) is 18.8.